The fourth-order valence-electron chi connectivity index (χ4n) is 2.05. The molecule has 1 nitrogen and oxygen atoms in total. The second-order valence-corrected chi connectivity index (χ2v) is 5.03. The Morgan fingerprint density at radius 2 is 1.88 bits per heavy atom. The van der Waals surface area contributed by atoms with Crippen molar-refractivity contribution in [1.82, 2.24) is 0 Å². The number of hydrogen-bond donors (Lipinski definition) is 0. The van der Waals surface area contributed by atoms with Crippen LogP contribution in [0, 0.1) is 0 Å². The molecule has 1 aliphatic heterocycles. The molecule has 1 atom stereocenters. The van der Waals surface area contributed by atoms with E-state index in [1.165, 1.54) is 0 Å². The summed E-state index contributed by atoms with van der Waals surface area (Å²) in [6.07, 6.45) is 0.755. The fourth-order valence-corrected chi connectivity index (χ4v) is 2.57. The molecule has 0 fully saturated rings. The molecule has 2 aromatic rings. The van der Waals surface area contributed by atoms with Crippen molar-refractivity contribution in [3.63, 3.8) is 0 Å². The summed E-state index contributed by atoms with van der Waals surface area (Å²) >= 11 is 12.4. The first-order valence-electron chi connectivity index (χ1n) is 5.43. The van der Waals surface area contributed by atoms with Crippen molar-refractivity contribution < 1.29 is 4.74 Å². The average molecular weight is 265 g/mol. The number of halogens is 2. The van der Waals surface area contributed by atoms with E-state index in [4.69, 9.17) is 27.9 Å². The van der Waals surface area contributed by atoms with E-state index in [0.717, 1.165) is 29.0 Å². The highest BCUT2D eigenvalue weighted by Crippen LogP contribution is 2.41. The van der Waals surface area contributed by atoms with Gasteiger partial charge in [0.15, 0.2) is 0 Å². The number of fused-ring (bicyclic) bond motifs is 2. The summed E-state index contributed by atoms with van der Waals surface area (Å²) in [4.78, 5) is 0. The van der Waals surface area contributed by atoms with Crippen molar-refractivity contribution in [3.05, 3.63) is 58.6 Å². The van der Waals surface area contributed by atoms with Crippen molar-refractivity contribution in [2.45, 2.75) is 11.8 Å². The Kier molecular flexibility index (Phi) is 2.73. The third-order valence-corrected chi connectivity index (χ3v) is 3.53. The van der Waals surface area contributed by atoms with Crippen LogP contribution in [0.2, 0.25) is 5.02 Å². The summed E-state index contributed by atoms with van der Waals surface area (Å²) < 4.78 is 5.88. The van der Waals surface area contributed by atoms with Gasteiger partial charge in [-0.05, 0) is 36.2 Å². The molecule has 0 saturated carbocycles. The first-order valence-corrected chi connectivity index (χ1v) is 6.25. The smallest absolute Gasteiger partial charge is 0.132 e. The predicted octanol–water partition coefficient (Wildman–Crippen LogP) is 4.97. The Morgan fingerprint density at radius 3 is 2.76 bits per heavy atom. The van der Waals surface area contributed by atoms with E-state index in [1.54, 1.807) is 0 Å². The fraction of sp³-hybridized carbons (Fsp3) is 0.143. The summed E-state index contributed by atoms with van der Waals surface area (Å²) in [6.45, 7) is 0. The van der Waals surface area contributed by atoms with Gasteiger partial charge in [0, 0.05) is 10.6 Å². The molecule has 2 aromatic carbocycles. The summed E-state index contributed by atoms with van der Waals surface area (Å²) in [7, 11) is 0. The molecule has 0 N–H and O–H groups in total. The number of ether oxygens (including phenoxy) is 1. The van der Waals surface area contributed by atoms with E-state index in [2.05, 4.69) is 0 Å². The molecule has 3 heteroatoms. The predicted molar refractivity (Wildman–Crippen MR) is 70.3 cm³/mol. The largest absolute Gasteiger partial charge is 0.457 e. The Hall–Kier alpha value is -1.18. The SMILES string of the molecule is Clc1ccc2c(c1)C(Cl)Cc1ccccc1O2. The second kappa shape index (κ2) is 4.25. The molecule has 1 aliphatic rings. The Bertz CT molecular complexity index is 566. The van der Waals surface area contributed by atoms with E-state index in [1.807, 2.05) is 42.5 Å². The average Bonchev–Trinajstić information content (AvgIpc) is 2.46. The van der Waals surface area contributed by atoms with Crippen molar-refractivity contribution in [1.29, 1.82) is 0 Å². The maximum atomic E-state index is 6.41. The lowest BCUT2D eigenvalue weighted by Gasteiger charge is -2.10. The minimum Gasteiger partial charge on any atom is -0.457 e. The van der Waals surface area contributed by atoms with Crippen molar-refractivity contribution in [3.8, 4) is 11.5 Å². The molecule has 0 aromatic heterocycles. The summed E-state index contributed by atoms with van der Waals surface area (Å²) in [5.74, 6) is 1.67. The normalized spacial score (nSPS) is 17.6. The van der Waals surface area contributed by atoms with Crippen LogP contribution in [0.25, 0.3) is 0 Å². The molecular formula is C14H10Cl2O. The van der Waals surface area contributed by atoms with Gasteiger partial charge in [0.25, 0.3) is 0 Å². The van der Waals surface area contributed by atoms with Crippen molar-refractivity contribution in [2.75, 3.05) is 0 Å². The quantitative estimate of drug-likeness (QED) is 0.611. The van der Waals surface area contributed by atoms with E-state index in [9.17, 15) is 0 Å². The maximum Gasteiger partial charge on any atom is 0.132 e. The number of hydrogen-bond acceptors (Lipinski definition) is 1. The van der Waals surface area contributed by atoms with Gasteiger partial charge in [0.1, 0.15) is 11.5 Å². The Balaban J connectivity index is 2.14. The molecule has 1 heterocycles. The second-order valence-electron chi connectivity index (χ2n) is 4.06. The van der Waals surface area contributed by atoms with Crippen LogP contribution in [0.1, 0.15) is 16.5 Å². The number of benzene rings is 2. The van der Waals surface area contributed by atoms with Gasteiger partial charge >= 0.3 is 0 Å². The van der Waals surface area contributed by atoms with Crippen LogP contribution in [0.4, 0.5) is 0 Å². The van der Waals surface area contributed by atoms with Gasteiger partial charge in [-0.3, -0.25) is 0 Å². The molecule has 3 rings (SSSR count). The highest BCUT2D eigenvalue weighted by Gasteiger charge is 2.21. The molecule has 17 heavy (non-hydrogen) atoms. The molecular weight excluding hydrogens is 255 g/mol. The standard InChI is InChI=1S/C14H10Cl2O/c15-10-5-6-14-11(8-10)12(16)7-9-3-1-2-4-13(9)17-14/h1-6,8,12H,7H2. The van der Waals surface area contributed by atoms with Gasteiger partial charge in [0.05, 0.1) is 5.38 Å². The van der Waals surface area contributed by atoms with Crippen LogP contribution in [0.15, 0.2) is 42.5 Å². The van der Waals surface area contributed by atoms with E-state index >= 15 is 0 Å². The monoisotopic (exact) mass is 264 g/mol. The van der Waals surface area contributed by atoms with Crippen LogP contribution in [0.3, 0.4) is 0 Å². The molecule has 0 saturated heterocycles. The highest BCUT2D eigenvalue weighted by molar-refractivity contribution is 6.31. The highest BCUT2D eigenvalue weighted by atomic mass is 35.5. The lowest BCUT2D eigenvalue weighted by Crippen LogP contribution is -1.93. The molecule has 0 bridgehead atoms. The van der Waals surface area contributed by atoms with Gasteiger partial charge in [-0.2, -0.15) is 0 Å². The Labute approximate surface area is 110 Å². The van der Waals surface area contributed by atoms with E-state index in [0.29, 0.717) is 5.02 Å². The lowest BCUT2D eigenvalue weighted by atomic mass is 10.0. The van der Waals surface area contributed by atoms with E-state index in [-0.39, 0.29) is 5.38 Å². The molecule has 0 amide bonds. The van der Waals surface area contributed by atoms with Crippen LogP contribution >= 0.6 is 23.2 Å². The van der Waals surface area contributed by atoms with Crippen molar-refractivity contribution in [2.24, 2.45) is 0 Å². The minimum absolute atomic E-state index is 0.104. The third kappa shape index (κ3) is 2.01. The zero-order valence-corrected chi connectivity index (χ0v) is 10.5. The molecule has 86 valence electrons. The summed E-state index contributed by atoms with van der Waals surface area (Å²) in [5, 5.41) is 0.580. The third-order valence-electron chi connectivity index (χ3n) is 2.90. The number of rotatable bonds is 0. The molecule has 0 spiro atoms. The zero-order chi connectivity index (χ0) is 11.8. The number of alkyl halides is 1. The molecule has 0 radical (unpaired) electrons. The van der Waals surface area contributed by atoms with Crippen LogP contribution in [0.5, 0.6) is 11.5 Å². The summed E-state index contributed by atoms with van der Waals surface area (Å²) in [5.41, 5.74) is 2.08. The van der Waals surface area contributed by atoms with Gasteiger partial charge in [-0.1, -0.05) is 29.8 Å². The first-order chi connectivity index (χ1) is 8.24. The van der Waals surface area contributed by atoms with Gasteiger partial charge in [-0.25, -0.2) is 0 Å². The van der Waals surface area contributed by atoms with Crippen LogP contribution in [-0.4, -0.2) is 0 Å². The first kappa shape index (κ1) is 10.9. The minimum atomic E-state index is -0.104. The Morgan fingerprint density at radius 1 is 1.06 bits per heavy atom. The van der Waals surface area contributed by atoms with Crippen LogP contribution in [-0.2, 0) is 6.42 Å². The van der Waals surface area contributed by atoms with Gasteiger partial charge < -0.3 is 4.74 Å². The van der Waals surface area contributed by atoms with E-state index < -0.39 is 0 Å². The maximum absolute atomic E-state index is 6.41. The molecule has 1 unspecified atom stereocenters. The molecule has 0 aliphatic carbocycles. The lowest BCUT2D eigenvalue weighted by molar-refractivity contribution is 0.479. The van der Waals surface area contributed by atoms with Gasteiger partial charge in [-0.15, -0.1) is 11.6 Å². The van der Waals surface area contributed by atoms with Crippen molar-refractivity contribution >= 4 is 23.2 Å². The topological polar surface area (TPSA) is 9.23 Å². The number of para-hydroxylation sites is 1. The van der Waals surface area contributed by atoms with Gasteiger partial charge in [0.2, 0.25) is 0 Å². The van der Waals surface area contributed by atoms with Crippen LogP contribution < -0.4 is 4.74 Å². The zero-order valence-electron chi connectivity index (χ0n) is 8.99. The summed E-state index contributed by atoms with van der Waals surface area (Å²) in [6, 6.07) is 13.5.